The molecule has 1 N–H and O–H groups in total. The molecule has 4 rings (SSSR count). The lowest BCUT2D eigenvalue weighted by atomic mass is 9.94. The first kappa shape index (κ1) is 11.0. The molecule has 0 spiro atoms. The molecule has 4 unspecified atom stereocenters. The van der Waals surface area contributed by atoms with E-state index in [4.69, 9.17) is 0 Å². The number of rotatable bonds is 3. The van der Waals surface area contributed by atoms with Crippen molar-refractivity contribution in [2.24, 2.45) is 11.8 Å². The largest absolute Gasteiger partial charge is 0.302 e. The Bertz CT molecular complexity index is 405. The number of amides is 2. The number of nitrogens with one attached hydrogen (secondary N) is 1. The van der Waals surface area contributed by atoms with Crippen molar-refractivity contribution in [3.05, 3.63) is 0 Å². The third-order valence-corrected chi connectivity index (χ3v) is 5.25. The van der Waals surface area contributed by atoms with Gasteiger partial charge in [-0.3, -0.25) is 14.5 Å². The van der Waals surface area contributed by atoms with Crippen LogP contribution in [0.3, 0.4) is 0 Å². The second-order valence-corrected chi connectivity index (χ2v) is 6.54. The van der Waals surface area contributed by atoms with Crippen LogP contribution >= 0.6 is 0 Å². The zero-order valence-corrected chi connectivity index (χ0v) is 10.6. The number of likely N-dealkylation sites (tertiary alicyclic amines) is 1. The fourth-order valence-electron chi connectivity index (χ4n) is 4.20. The van der Waals surface area contributed by atoms with Crippen LogP contribution in [0.5, 0.6) is 0 Å². The fourth-order valence-corrected chi connectivity index (χ4v) is 4.20. The van der Waals surface area contributed by atoms with Crippen molar-refractivity contribution >= 4 is 11.8 Å². The van der Waals surface area contributed by atoms with Crippen LogP contribution in [0.25, 0.3) is 0 Å². The maximum Gasteiger partial charge on any atom is 0.247 e. The van der Waals surface area contributed by atoms with Gasteiger partial charge in [0, 0.05) is 12.1 Å². The fraction of sp³-hybridized carbons (Fsp3) is 0.857. The third-order valence-electron chi connectivity index (χ3n) is 5.25. The van der Waals surface area contributed by atoms with E-state index in [2.05, 4.69) is 5.32 Å². The Hall–Kier alpha value is -0.900. The summed E-state index contributed by atoms with van der Waals surface area (Å²) in [6.07, 6.45) is 7.64. The maximum atomic E-state index is 12.2. The van der Waals surface area contributed by atoms with Crippen LogP contribution in [0.1, 0.15) is 44.9 Å². The Kier molecular flexibility index (Phi) is 2.31. The number of nitrogens with zero attached hydrogens (tertiary/aromatic N) is 1. The molecule has 1 aliphatic heterocycles. The van der Waals surface area contributed by atoms with Gasteiger partial charge in [-0.1, -0.05) is 6.42 Å². The van der Waals surface area contributed by atoms with Crippen LogP contribution in [0.2, 0.25) is 0 Å². The lowest BCUT2D eigenvalue weighted by molar-refractivity contribution is -0.139. The number of carbonyl (C=O) groups is 2. The molecule has 2 amide bonds. The van der Waals surface area contributed by atoms with Gasteiger partial charge in [0.2, 0.25) is 11.8 Å². The van der Waals surface area contributed by atoms with E-state index in [0.29, 0.717) is 12.5 Å². The summed E-state index contributed by atoms with van der Waals surface area (Å²) in [5, 5.41) is 3.49. The first-order valence-corrected chi connectivity index (χ1v) is 7.34. The molecule has 3 aliphatic carbocycles. The molecule has 2 bridgehead atoms. The number of carbonyl (C=O) groups excluding carboxylic acids is 2. The van der Waals surface area contributed by atoms with E-state index in [-0.39, 0.29) is 23.9 Å². The van der Waals surface area contributed by atoms with Gasteiger partial charge in [-0.25, -0.2) is 0 Å². The number of hydrogen-bond donors (Lipinski definition) is 1. The van der Waals surface area contributed by atoms with Crippen LogP contribution in [-0.2, 0) is 9.59 Å². The SMILES string of the molecule is O=C1CC(NC2CC3CCC2C3)C(=O)N1C1CC1. The highest BCUT2D eigenvalue weighted by molar-refractivity contribution is 6.06. The van der Waals surface area contributed by atoms with E-state index < -0.39 is 0 Å². The Balaban J connectivity index is 1.43. The van der Waals surface area contributed by atoms with Crippen LogP contribution in [0, 0.1) is 11.8 Å². The highest BCUT2D eigenvalue weighted by Crippen LogP contribution is 2.45. The molecule has 4 atom stereocenters. The molecule has 4 nitrogen and oxygen atoms in total. The van der Waals surface area contributed by atoms with Crippen LogP contribution in [0.15, 0.2) is 0 Å². The molecule has 1 heterocycles. The number of hydrogen-bond acceptors (Lipinski definition) is 3. The summed E-state index contributed by atoms with van der Waals surface area (Å²) >= 11 is 0. The lowest BCUT2D eigenvalue weighted by Gasteiger charge is -2.25. The lowest BCUT2D eigenvalue weighted by Crippen LogP contribution is -2.46. The predicted octanol–water partition coefficient (Wildman–Crippen LogP) is 1.05. The zero-order chi connectivity index (χ0) is 12.3. The first-order valence-electron chi connectivity index (χ1n) is 7.34. The van der Waals surface area contributed by atoms with Crippen molar-refractivity contribution in [2.75, 3.05) is 0 Å². The van der Waals surface area contributed by atoms with Crippen molar-refractivity contribution in [3.63, 3.8) is 0 Å². The van der Waals surface area contributed by atoms with E-state index in [9.17, 15) is 9.59 Å². The minimum atomic E-state index is -0.220. The molecule has 18 heavy (non-hydrogen) atoms. The average Bonchev–Trinajstić information content (AvgIpc) is 2.85. The predicted molar refractivity (Wildman–Crippen MR) is 65.7 cm³/mol. The van der Waals surface area contributed by atoms with Gasteiger partial charge in [0.15, 0.2) is 0 Å². The van der Waals surface area contributed by atoms with E-state index in [1.165, 1.54) is 30.6 Å². The molecule has 0 aromatic rings. The molecular formula is C14H20N2O2. The smallest absolute Gasteiger partial charge is 0.247 e. The summed E-state index contributed by atoms with van der Waals surface area (Å²) in [6.45, 7) is 0. The van der Waals surface area contributed by atoms with E-state index >= 15 is 0 Å². The topological polar surface area (TPSA) is 49.4 Å². The molecule has 98 valence electrons. The van der Waals surface area contributed by atoms with Gasteiger partial charge in [0.25, 0.3) is 0 Å². The summed E-state index contributed by atoms with van der Waals surface area (Å²) < 4.78 is 0. The van der Waals surface area contributed by atoms with Crippen LogP contribution < -0.4 is 5.32 Å². The Morgan fingerprint density at radius 2 is 1.89 bits per heavy atom. The van der Waals surface area contributed by atoms with Crippen LogP contribution in [-0.4, -0.2) is 34.8 Å². The average molecular weight is 248 g/mol. The van der Waals surface area contributed by atoms with Gasteiger partial charge in [-0.05, 0) is 43.9 Å². The molecule has 4 aliphatic rings. The molecular weight excluding hydrogens is 228 g/mol. The van der Waals surface area contributed by atoms with Crippen molar-refractivity contribution < 1.29 is 9.59 Å². The molecule has 3 saturated carbocycles. The number of fused-ring (bicyclic) bond motifs is 2. The molecule has 0 aromatic carbocycles. The van der Waals surface area contributed by atoms with Crippen molar-refractivity contribution in [2.45, 2.75) is 63.1 Å². The Morgan fingerprint density at radius 1 is 1.06 bits per heavy atom. The second-order valence-electron chi connectivity index (χ2n) is 6.54. The van der Waals surface area contributed by atoms with Gasteiger partial charge < -0.3 is 5.32 Å². The minimum Gasteiger partial charge on any atom is -0.302 e. The number of imide groups is 1. The third kappa shape index (κ3) is 1.62. The molecule has 4 fully saturated rings. The normalized spacial score (nSPS) is 43.2. The standard InChI is InChI=1S/C14H20N2O2/c17-13-7-12(14(18)16(13)10-3-4-10)15-11-6-8-1-2-9(11)5-8/h8-12,15H,1-7H2. The minimum absolute atomic E-state index is 0.0446. The van der Waals surface area contributed by atoms with Crippen LogP contribution in [0.4, 0.5) is 0 Å². The van der Waals surface area contributed by atoms with Crippen molar-refractivity contribution in [3.8, 4) is 0 Å². The van der Waals surface area contributed by atoms with Gasteiger partial charge in [-0.15, -0.1) is 0 Å². The summed E-state index contributed by atoms with van der Waals surface area (Å²) in [4.78, 5) is 25.6. The van der Waals surface area contributed by atoms with Gasteiger partial charge in [-0.2, -0.15) is 0 Å². The summed E-state index contributed by atoms with van der Waals surface area (Å²) in [6, 6.07) is 0.504. The molecule has 4 heteroatoms. The Labute approximate surface area is 107 Å². The highest BCUT2D eigenvalue weighted by Gasteiger charge is 2.48. The van der Waals surface area contributed by atoms with Gasteiger partial charge in [0.1, 0.15) is 0 Å². The zero-order valence-electron chi connectivity index (χ0n) is 10.6. The van der Waals surface area contributed by atoms with Gasteiger partial charge in [0.05, 0.1) is 12.5 Å². The van der Waals surface area contributed by atoms with E-state index in [1.54, 1.807) is 0 Å². The molecule has 0 radical (unpaired) electrons. The maximum absolute atomic E-state index is 12.2. The van der Waals surface area contributed by atoms with Crippen molar-refractivity contribution in [1.29, 1.82) is 0 Å². The van der Waals surface area contributed by atoms with E-state index in [0.717, 1.165) is 24.7 Å². The molecule has 1 saturated heterocycles. The quantitative estimate of drug-likeness (QED) is 0.760. The summed E-state index contributed by atoms with van der Waals surface area (Å²) in [7, 11) is 0. The molecule has 0 aromatic heterocycles. The monoisotopic (exact) mass is 248 g/mol. The van der Waals surface area contributed by atoms with E-state index in [1.807, 2.05) is 0 Å². The van der Waals surface area contributed by atoms with Crippen molar-refractivity contribution in [1.82, 2.24) is 10.2 Å². The second kappa shape index (κ2) is 3.80. The summed E-state index contributed by atoms with van der Waals surface area (Å²) in [5.74, 6) is 1.72. The van der Waals surface area contributed by atoms with Gasteiger partial charge >= 0.3 is 0 Å². The highest BCUT2D eigenvalue weighted by atomic mass is 16.2. The summed E-state index contributed by atoms with van der Waals surface area (Å²) in [5.41, 5.74) is 0. The first-order chi connectivity index (χ1) is 8.72. The Morgan fingerprint density at radius 3 is 2.50 bits per heavy atom.